The summed E-state index contributed by atoms with van der Waals surface area (Å²) in [5.41, 5.74) is 0.453. The van der Waals surface area contributed by atoms with E-state index in [1.54, 1.807) is 23.1 Å². The summed E-state index contributed by atoms with van der Waals surface area (Å²) < 4.78 is 11.2. The summed E-state index contributed by atoms with van der Waals surface area (Å²) in [5.74, 6) is 0.270. The summed E-state index contributed by atoms with van der Waals surface area (Å²) in [6, 6.07) is 4.39. The van der Waals surface area contributed by atoms with Crippen LogP contribution in [0.25, 0.3) is 0 Å². The molecule has 6 nitrogen and oxygen atoms in total. The van der Waals surface area contributed by atoms with Crippen molar-refractivity contribution in [2.75, 3.05) is 13.2 Å². The molecule has 3 rings (SSSR count). The quantitative estimate of drug-likeness (QED) is 0.841. The molecule has 26 heavy (non-hydrogen) atoms. The summed E-state index contributed by atoms with van der Waals surface area (Å²) >= 11 is 0. The Hall–Kier alpha value is -2.24. The second kappa shape index (κ2) is 7.98. The molecule has 1 aromatic carbocycles. The van der Waals surface area contributed by atoms with E-state index in [1.165, 1.54) is 0 Å². The number of carboxylic acids is 1. The van der Waals surface area contributed by atoms with E-state index < -0.39 is 12.0 Å². The Labute approximate surface area is 154 Å². The van der Waals surface area contributed by atoms with Crippen LogP contribution >= 0.6 is 0 Å². The molecule has 0 spiro atoms. The molecule has 2 aliphatic rings. The Kier molecular flexibility index (Phi) is 5.69. The van der Waals surface area contributed by atoms with Crippen molar-refractivity contribution in [1.29, 1.82) is 0 Å². The third kappa shape index (κ3) is 3.50. The fraction of sp³-hybridized carbons (Fsp3) is 0.600. The van der Waals surface area contributed by atoms with E-state index in [9.17, 15) is 14.7 Å². The van der Waals surface area contributed by atoms with Crippen LogP contribution in [0.15, 0.2) is 18.2 Å². The molecule has 3 unspecified atom stereocenters. The highest BCUT2D eigenvalue weighted by atomic mass is 16.5. The predicted molar refractivity (Wildman–Crippen MR) is 96.7 cm³/mol. The Morgan fingerprint density at radius 1 is 1.12 bits per heavy atom. The van der Waals surface area contributed by atoms with Crippen LogP contribution in [0.5, 0.6) is 11.5 Å². The highest BCUT2D eigenvalue weighted by molar-refractivity contribution is 5.98. The molecule has 1 saturated heterocycles. The van der Waals surface area contributed by atoms with Gasteiger partial charge in [0.05, 0.1) is 13.2 Å². The second-order valence-corrected chi connectivity index (χ2v) is 6.94. The van der Waals surface area contributed by atoms with Crippen LogP contribution in [0.4, 0.5) is 0 Å². The van der Waals surface area contributed by atoms with Gasteiger partial charge >= 0.3 is 5.97 Å². The van der Waals surface area contributed by atoms with Crippen LogP contribution in [-0.4, -0.2) is 47.2 Å². The number of carbonyl (C=O) groups is 2. The van der Waals surface area contributed by atoms with Gasteiger partial charge in [-0.15, -0.1) is 0 Å². The molecule has 1 aliphatic carbocycles. The summed E-state index contributed by atoms with van der Waals surface area (Å²) in [6.45, 7) is 4.73. The van der Waals surface area contributed by atoms with Gasteiger partial charge in [0.2, 0.25) is 0 Å². The zero-order chi connectivity index (χ0) is 18.7. The van der Waals surface area contributed by atoms with E-state index in [-0.39, 0.29) is 11.9 Å². The van der Waals surface area contributed by atoms with Gasteiger partial charge in [0.1, 0.15) is 6.04 Å². The monoisotopic (exact) mass is 361 g/mol. The molecule has 0 bridgehead atoms. The van der Waals surface area contributed by atoms with E-state index in [4.69, 9.17) is 9.47 Å². The van der Waals surface area contributed by atoms with E-state index in [0.717, 1.165) is 25.7 Å². The van der Waals surface area contributed by atoms with Crippen LogP contribution in [0.3, 0.4) is 0 Å². The van der Waals surface area contributed by atoms with Crippen LogP contribution < -0.4 is 9.47 Å². The molecule has 3 atom stereocenters. The Morgan fingerprint density at radius 2 is 1.81 bits per heavy atom. The number of nitrogens with zero attached hydrogens (tertiary/aromatic N) is 1. The lowest BCUT2D eigenvalue weighted by Gasteiger charge is -2.33. The first-order valence-corrected chi connectivity index (χ1v) is 9.51. The molecular weight excluding hydrogens is 334 g/mol. The summed E-state index contributed by atoms with van der Waals surface area (Å²) in [6.07, 6.45) is 4.61. The zero-order valence-electron chi connectivity index (χ0n) is 15.4. The van der Waals surface area contributed by atoms with Crippen molar-refractivity contribution in [3.05, 3.63) is 23.8 Å². The van der Waals surface area contributed by atoms with Gasteiger partial charge in [-0.05, 0) is 57.2 Å². The van der Waals surface area contributed by atoms with Crippen LogP contribution in [0.2, 0.25) is 0 Å². The van der Waals surface area contributed by atoms with Crippen molar-refractivity contribution in [3.8, 4) is 11.5 Å². The molecule has 1 heterocycles. The van der Waals surface area contributed by atoms with Crippen molar-refractivity contribution < 1.29 is 24.2 Å². The lowest BCUT2D eigenvalue weighted by atomic mass is 9.84. The standard InChI is InChI=1S/C20H27NO5/c1-3-25-17-10-9-14(12-18(17)26-4-2)19(22)21-15-8-6-5-7-13(15)11-16(21)20(23)24/h9-10,12-13,15-16H,3-8,11H2,1-2H3,(H,23,24). The van der Waals surface area contributed by atoms with Gasteiger partial charge in [-0.25, -0.2) is 4.79 Å². The first-order chi connectivity index (χ1) is 12.6. The number of carboxylic acid groups (broad SMARTS) is 1. The number of ether oxygens (including phenoxy) is 2. The molecule has 0 aromatic heterocycles. The first-order valence-electron chi connectivity index (χ1n) is 9.51. The third-order valence-electron chi connectivity index (χ3n) is 5.40. The maximum atomic E-state index is 13.2. The second-order valence-electron chi connectivity index (χ2n) is 6.94. The summed E-state index contributed by atoms with van der Waals surface area (Å²) in [5, 5.41) is 9.64. The highest BCUT2D eigenvalue weighted by Crippen LogP contribution is 2.41. The molecule has 1 aliphatic heterocycles. The van der Waals surface area contributed by atoms with Gasteiger partial charge in [0, 0.05) is 11.6 Å². The van der Waals surface area contributed by atoms with Crippen LogP contribution in [0, 0.1) is 5.92 Å². The minimum Gasteiger partial charge on any atom is -0.490 e. The summed E-state index contributed by atoms with van der Waals surface area (Å²) in [7, 11) is 0. The topological polar surface area (TPSA) is 76.1 Å². The van der Waals surface area contributed by atoms with Gasteiger partial charge in [0.25, 0.3) is 5.91 Å². The van der Waals surface area contributed by atoms with E-state index in [2.05, 4.69) is 0 Å². The lowest BCUT2D eigenvalue weighted by Crippen LogP contribution is -2.46. The molecule has 0 radical (unpaired) electrons. The molecule has 1 saturated carbocycles. The smallest absolute Gasteiger partial charge is 0.326 e. The van der Waals surface area contributed by atoms with Gasteiger partial charge in [-0.1, -0.05) is 12.8 Å². The number of hydrogen-bond donors (Lipinski definition) is 1. The normalized spacial score (nSPS) is 24.8. The number of fused-ring (bicyclic) bond motifs is 1. The highest BCUT2D eigenvalue weighted by Gasteiger charge is 2.47. The fourth-order valence-electron chi connectivity index (χ4n) is 4.31. The molecular formula is C20H27NO5. The van der Waals surface area contributed by atoms with Crippen molar-refractivity contribution in [3.63, 3.8) is 0 Å². The third-order valence-corrected chi connectivity index (χ3v) is 5.40. The maximum absolute atomic E-state index is 13.2. The molecule has 6 heteroatoms. The number of benzene rings is 1. The first kappa shape index (κ1) is 18.5. The average Bonchev–Trinajstić information content (AvgIpc) is 3.03. The van der Waals surface area contributed by atoms with Crippen molar-refractivity contribution in [2.24, 2.45) is 5.92 Å². The lowest BCUT2D eigenvalue weighted by molar-refractivity contribution is -0.141. The van der Waals surface area contributed by atoms with Gasteiger partial charge in [-0.3, -0.25) is 4.79 Å². The molecule has 142 valence electrons. The van der Waals surface area contributed by atoms with Crippen molar-refractivity contribution in [1.82, 2.24) is 4.90 Å². The SMILES string of the molecule is CCOc1ccc(C(=O)N2C(C(=O)O)CC3CCCCC32)cc1OCC. The van der Waals surface area contributed by atoms with Crippen molar-refractivity contribution in [2.45, 2.75) is 58.0 Å². The predicted octanol–water partition coefficient (Wildman–Crippen LogP) is 3.34. The molecule has 2 fully saturated rings. The number of aliphatic carboxylic acids is 1. The minimum atomic E-state index is -0.913. The molecule has 1 amide bonds. The van der Waals surface area contributed by atoms with Gasteiger partial charge < -0.3 is 19.5 Å². The molecule has 1 N–H and O–H groups in total. The van der Waals surface area contributed by atoms with E-state index >= 15 is 0 Å². The average molecular weight is 361 g/mol. The van der Waals surface area contributed by atoms with Gasteiger partial charge in [0.15, 0.2) is 11.5 Å². The minimum absolute atomic E-state index is 0.0273. The van der Waals surface area contributed by atoms with Crippen molar-refractivity contribution >= 4 is 11.9 Å². The largest absolute Gasteiger partial charge is 0.490 e. The summed E-state index contributed by atoms with van der Waals surface area (Å²) in [4.78, 5) is 26.6. The van der Waals surface area contributed by atoms with Crippen LogP contribution in [0.1, 0.15) is 56.3 Å². The number of hydrogen-bond acceptors (Lipinski definition) is 4. The number of rotatable bonds is 6. The Bertz CT molecular complexity index is 674. The van der Waals surface area contributed by atoms with E-state index in [1.807, 2.05) is 13.8 Å². The number of carbonyl (C=O) groups excluding carboxylic acids is 1. The van der Waals surface area contributed by atoms with Crippen LogP contribution in [-0.2, 0) is 4.79 Å². The Morgan fingerprint density at radius 3 is 2.50 bits per heavy atom. The zero-order valence-corrected chi connectivity index (χ0v) is 15.4. The number of amides is 1. The maximum Gasteiger partial charge on any atom is 0.326 e. The number of likely N-dealkylation sites (tertiary alicyclic amines) is 1. The van der Waals surface area contributed by atoms with E-state index in [0.29, 0.717) is 42.6 Å². The van der Waals surface area contributed by atoms with Gasteiger partial charge in [-0.2, -0.15) is 0 Å². The molecule has 1 aromatic rings. The Balaban J connectivity index is 1.91. The fourth-order valence-corrected chi connectivity index (χ4v) is 4.31.